The van der Waals surface area contributed by atoms with E-state index in [0.29, 0.717) is 0 Å². The molecule has 2 heterocycles. The molecule has 0 N–H and O–H groups in total. The smallest absolute Gasteiger partial charge is 0.399 e. The van der Waals surface area contributed by atoms with E-state index in [0.717, 1.165) is 22.8 Å². The van der Waals surface area contributed by atoms with Gasteiger partial charge in [0.15, 0.2) is 0 Å². The van der Waals surface area contributed by atoms with Crippen LogP contribution in [0.1, 0.15) is 39.3 Å². The first-order valence-corrected chi connectivity index (χ1v) is 7.56. The van der Waals surface area contributed by atoms with Crippen LogP contribution in [0.25, 0.3) is 5.69 Å². The van der Waals surface area contributed by atoms with Crippen LogP contribution >= 0.6 is 0 Å². The predicted molar refractivity (Wildman–Crippen MR) is 86.5 cm³/mol. The monoisotopic (exact) mass is 299 g/mol. The highest BCUT2D eigenvalue weighted by molar-refractivity contribution is 6.62. The summed E-state index contributed by atoms with van der Waals surface area (Å²) in [6, 6.07) is 8.07. The van der Waals surface area contributed by atoms with Crippen molar-refractivity contribution in [2.75, 3.05) is 0 Å². The molecule has 0 aliphatic carbocycles. The van der Waals surface area contributed by atoms with Gasteiger partial charge in [-0.25, -0.2) is 9.67 Å². The molecule has 6 heteroatoms. The van der Waals surface area contributed by atoms with Gasteiger partial charge in [-0.1, -0.05) is 12.1 Å². The van der Waals surface area contributed by atoms with Gasteiger partial charge in [0, 0.05) is 0 Å². The molecule has 3 rings (SSSR count). The Hall–Kier alpha value is -1.66. The standard InChI is InChI=1S/C16H22BN3O2/c1-11-18-12(2)20(19-11)14-9-7-8-13(10-14)17-21-15(3,4)16(5,6)22-17/h7-10H,1-6H3. The Kier molecular flexibility index (Phi) is 3.42. The van der Waals surface area contributed by atoms with Crippen molar-refractivity contribution < 1.29 is 9.31 Å². The van der Waals surface area contributed by atoms with Crippen molar-refractivity contribution in [1.82, 2.24) is 14.8 Å². The maximum atomic E-state index is 6.11. The van der Waals surface area contributed by atoms with Crippen molar-refractivity contribution in [3.63, 3.8) is 0 Å². The first-order chi connectivity index (χ1) is 10.2. The van der Waals surface area contributed by atoms with Gasteiger partial charge < -0.3 is 9.31 Å². The lowest BCUT2D eigenvalue weighted by molar-refractivity contribution is 0.00578. The van der Waals surface area contributed by atoms with Crippen molar-refractivity contribution in [3.05, 3.63) is 35.9 Å². The highest BCUT2D eigenvalue weighted by Gasteiger charge is 2.51. The van der Waals surface area contributed by atoms with Gasteiger partial charge in [-0.3, -0.25) is 0 Å². The molecular weight excluding hydrogens is 277 g/mol. The average molecular weight is 299 g/mol. The van der Waals surface area contributed by atoms with E-state index in [4.69, 9.17) is 9.31 Å². The minimum Gasteiger partial charge on any atom is -0.399 e. The second-order valence-electron chi connectivity index (χ2n) is 6.80. The Morgan fingerprint density at radius 2 is 1.68 bits per heavy atom. The highest BCUT2D eigenvalue weighted by Crippen LogP contribution is 2.36. The van der Waals surface area contributed by atoms with Crippen LogP contribution in [0.5, 0.6) is 0 Å². The zero-order valence-corrected chi connectivity index (χ0v) is 14.0. The van der Waals surface area contributed by atoms with Crippen LogP contribution in [0.3, 0.4) is 0 Å². The summed E-state index contributed by atoms with van der Waals surface area (Å²) >= 11 is 0. The summed E-state index contributed by atoms with van der Waals surface area (Å²) < 4.78 is 14.1. The molecule has 2 aromatic rings. The van der Waals surface area contributed by atoms with Crippen LogP contribution in [0.15, 0.2) is 24.3 Å². The SMILES string of the molecule is Cc1nc(C)n(-c2cccc(B3OC(C)(C)C(C)(C)O3)c2)n1. The van der Waals surface area contributed by atoms with Gasteiger partial charge in [0.2, 0.25) is 0 Å². The van der Waals surface area contributed by atoms with Crippen LogP contribution in [0.2, 0.25) is 0 Å². The van der Waals surface area contributed by atoms with Crippen molar-refractivity contribution in [3.8, 4) is 5.69 Å². The molecule has 0 spiro atoms. The second-order valence-corrected chi connectivity index (χ2v) is 6.80. The van der Waals surface area contributed by atoms with Gasteiger partial charge >= 0.3 is 7.12 Å². The molecule has 1 fully saturated rings. The van der Waals surface area contributed by atoms with Crippen LogP contribution < -0.4 is 5.46 Å². The van der Waals surface area contributed by atoms with E-state index in [-0.39, 0.29) is 18.3 Å². The van der Waals surface area contributed by atoms with E-state index in [1.807, 2.05) is 42.8 Å². The molecular formula is C16H22BN3O2. The van der Waals surface area contributed by atoms with Gasteiger partial charge in [0.05, 0.1) is 16.9 Å². The number of benzene rings is 1. The van der Waals surface area contributed by atoms with Gasteiger partial charge in [-0.05, 0) is 59.1 Å². The summed E-state index contributed by atoms with van der Waals surface area (Å²) in [7, 11) is -0.366. The number of hydrogen-bond donors (Lipinski definition) is 0. The zero-order chi connectivity index (χ0) is 16.1. The van der Waals surface area contributed by atoms with Crippen LogP contribution in [-0.4, -0.2) is 33.1 Å². The maximum absolute atomic E-state index is 6.11. The van der Waals surface area contributed by atoms with Crippen molar-refractivity contribution >= 4 is 12.6 Å². The van der Waals surface area contributed by atoms with Crippen molar-refractivity contribution in [2.24, 2.45) is 0 Å². The molecule has 0 unspecified atom stereocenters. The lowest BCUT2D eigenvalue weighted by atomic mass is 9.79. The van der Waals surface area contributed by atoms with E-state index in [2.05, 4.69) is 37.8 Å². The maximum Gasteiger partial charge on any atom is 0.494 e. The summed E-state index contributed by atoms with van der Waals surface area (Å²) in [5, 5.41) is 4.43. The Bertz CT molecular complexity index is 693. The molecule has 0 saturated carbocycles. The van der Waals surface area contributed by atoms with E-state index < -0.39 is 0 Å². The van der Waals surface area contributed by atoms with Gasteiger partial charge in [0.1, 0.15) is 11.6 Å². The third-order valence-electron chi connectivity index (χ3n) is 4.52. The quantitative estimate of drug-likeness (QED) is 0.798. The average Bonchev–Trinajstić information content (AvgIpc) is 2.86. The molecule has 1 aromatic carbocycles. The summed E-state index contributed by atoms with van der Waals surface area (Å²) in [4.78, 5) is 4.35. The van der Waals surface area contributed by atoms with E-state index in [9.17, 15) is 0 Å². The molecule has 22 heavy (non-hydrogen) atoms. The number of aromatic nitrogens is 3. The Morgan fingerprint density at radius 3 is 2.23 bits per heavy atom. The normalized spacial score (nSPS) is 19.6. The molecule has 0 amide bonds. The van der Waals surface area contributed by atoms with Crippen LogP contribution in [-0.2, 0) is 9.31 Å². The predicted octanol–water partition coefficient (Wildman–Crippen LogP) is 2.18. The van der Waals surface area contributed by atoms with Crippen molar-refractivity contribution in [2.45, 2.75) is 52.7 Å². The van der Waals surface area contributed by atoms with Crippen LogP contribution in [0, 0.1) is 13.8 Å². The fourth-order valence-electron chi connectivity index (χ4n) is 2.55. The minimum atomic E-state index is -0.366. The second kappa shape index (κ2) is 4.93. The number of rotatable bonds is 2. The Balaban J connectivity index is 1.95. The molecule has 1 aliphatic heterocycles. The molecule has 0 bridgehead atoms. The molecule has 1 aromatic heterocycles. The minimum absolute atomic E-state index is 0.340. The molecule has 1 saturated heterocycles. The molecule has 116 valence electrons. The Labute approximate surface area is 131 Å². The summed E-state index contributed by atoms with van der Waals surface area (Å²) in [6.45, 7) is 12.1. The Morgan fingerprint density at radius 1 is 1.05 bits per heavy atom. The summed E-state index contributed by atoms with van der Waals surface area (Å²) in [5.74, 6) is 1.63. The first-order valence-electron chi connectivity index (χ1n) is 7.56. The van der Waals surface area contributed by atoms with Gasteiger partial charge in [-0.2, -0.15) is 5.10 Å². The molecule has 0 radical (unpaired) electrons. The van der Waals surface area contributed by atoms with Crippen LogP contribution in [0.4, 0.5) is 0 Å². The topological polar surface area (TPSA) is 49.2 Å². The third kappa shape index (κ3) is 2.46. The lowest BCUT2D eigenvalue weighted by Crippen LogP contribution is -2.41. The summed E-state index contributed by atoms with van der Waals surface area (Å²) in [6.07, 6.45) is 0. The fourth-order valence-corrected chi connectivity index (χ4v) is 2.55. The molecule has 1 aliphatic rings. The largest absolute Gasteiger partial charge is 0.494 e. The third-order valence-corrected chi connectivity index (χ3v) is 4.52. The van der Waals surface area contributed by atoms with Gasteiger partial charge in [-0.15, -0.1) is 0 Å². The first kappa shape index (κ1) is 15.2. The summed E-state index contributed by atoms with van der Waals surface area (Å²) in [5.41, 5.74) is 1.27. The van der Waals surface area contributed by atoms with Crippen molar-refractivity contribution in [1.29, 1.82) is 0 Å². The van der Waals surface area contributed by atoms with E-state index in [1.165, 1.54) is 0 Å². The molecule has 5 nitrogen and oxygen atoms in total. The number of nitrogens with zero attached hydrogens (tertiary/aromatic N) is 3. The lowest BCUT2D eigenvalue weighted by Gasteiger charge is -2.32. The number of hydrogen-bond acceptors (Lipinski definition) is 4. The van der Waals surface area contributed by atoms with E-state index >= 15 is 0 Å². The highest BCUT2D eigenvalue weighted by atomic mass is 16.7. The fraction of sp³-hybridized carbons (Fsp3) is 0.500. The zero-order valence-electron chi connectivity index (χ0n) is 14.0. The van der Waals surface area contributed by atoms with Gasteiger partial charge in [0.25, 0.3) is 0 Å². The van der Waals surface area contributed by atoms with E-state index in [1.54, 1.807) is 0 Å². The molecule has 0 atom stereocenters. The number of aryl methyl sites for hydroxylation is 2.